The molecule has 2 nitrogen and oxygen atoms in total. The molecule has 2 heteroatoms. The van der Waals surface area contributed by atoms with Crippen molar-refractivity contribution >= 4 is 5.78 Å². The predicted octanol–water partition coefficient (Wildman–Crippen LogP) is 11.4. The number of ether oxygens (including phenoxy) is 1. The van der Waals surface area contributed by atoms with E-state index in [1.54, 1.807) is 14.0 Å². The second kappa shape index (κ2) is 13.6. The van der Waals surface area contributed by atoms with Gasteiger partial charge in [-0.2, -0.15) is 0 Å². The van der Waals surface area contributed by atoms with E-state index in [2.05, 4.69) is 86.6 Å². The summed E-state index contributed by atoms with van der Waals surface area (Å²) in [7, 11) is 1.72. The lowest BCUT2D eigenvalue weighted by Crippen LogP contribution is -2.25. The molecule has 4 aromatic rings. The Kier molecular flexibility index (Phi) is 9.62. The van der Waals surface area contributed by atoms with Gasteiger partial charge >= 0.3 is 0 Å². The Balaban J connectivity index is 1.63. The summed E-state index contributed by atoms with van der Waals surface area (Å²) in [5.74, 6) is 0.995. The number of rotatable bonds is 14. The van der Waals surface area contributed by atoms with Crippen LogP contribution in [-0.2, 0) is 5.41 Å². The second-order valence-electron chi connectivity index (χ2n) is 12.1. The van der Waals surface area contributed by atoms with Gasteiger partial charge in [0.15, 0.2) is 5.78 Å². The van der Waals surface area contributed by atoms with Crippen molar-refractivity contribution in [3.63, 3.8) is 0 Å². The monoisotopic (exact) mass is 558 g/mol. The highest BCUT2D eigenvalue weighted by atomic mass is 16.5. The maximum Gasteiger partial charge on any atom is 0.159 e. The quantitative estimate of drug-likeness (QED) is 0.114. The number of hydrogen-bond donors (Lipinski definition) is 0. The summed E-state index contributed by atoms with van der Waals surface area (Å²) in [6, 6.07) is 30.9. The van der Waals surface area contributed by atoms with Crippen LogP contribution in [0.25, 0.3) is 33.4 Å². The van der Waals surface area contributed by atoms with Gasteiger partial charge in [-0.3, -0.25) is 4.79 Å². The molecule has 0 saturated carbocycles. The van der Waals surface area contributed by atoms with Crippen molar-refractivity contribution in [3.05, 3.63) is 102 Å². The zero-order chi connectivity index (χ0) is 29.5. The fourth-order valence-corrected chi connectivity index (χ4v) is 6.91. The lowest BCUT2D eigenvalue weighted by atomic mass is 9.70. The molecular weight excluding hydrogens is 512 g/mol. The zero-order valence-corrected chi connectivity index (χ0v) is 26.0. The standard InChI is InChI=1S/C40H46O2/c1-5-7-9-11-25-40(26-12-10-8-6-2)38-27-33(31-15-13-30(14-16-31)29(3)41)19-23-36(38)37-24-20-34(28-39(37)40)32-17-21-35(42-4)22-18-32/h13-24,27-28H,5-12,25-26H2,1-4H3. The molecule has 1 aliphatic rings. The first kappa shape index (κ1) is 29.8. The highest BCUT2D eigenvalue weighted by Gasteiger charge is 2.42. The fraction of sp³-hybridized carbons (Fsp3) is 0.375. The Morgan fingerprint density at radius 1 is 0.595 bits per heavy atom. The van der Waals surface area contributed by atoms with Crippen molar-refractivity contribution in [2.45, 2.75) is 90.4 Å². The molecule has 4 aromatic carbocycles. The molecule has 42 heavy (non-hydrogen) atoms. The van der Waals surface area contributed by atoms with Crippen LogP contribution in [0.2, 0.25) is 0 Å². The van der Waals surface area contributed by atoms with E-state index < -0.39 is 0 Å². The molecule has 1 aliphatic carbocycles. The second-order valence-corrected chi connectivity index (χ2v) is 12.1. The number of methoxy groups -OCH3 is 1. The summed E-state index contributed by atoms with van der Waals surface area (Å²) in [6.07, 6.45) is 12.5. The molecule has 0 aliphatic heterocycles. The van der Waals surface area contributed by atoms with Gasteiger partial charge in [-0.25, -0.2) is 0 Å². The van der Waals surface area contributed by atoms with E-state index in [9.17, 15) is 4.79 Å². The number of fused-ring (bicyclic) bond motifs is 3. The number of ketones is 1. The average molecular weight is 559 g/mol. The number of benzene rings is 4. The van der Waals surface area contributed by atoms with Gasteiger partial charge in [0, 0.05) is 11.0 Å². The van der Waals surface area contributed by atoms with Crippen molar-refractivity contribution in [1.29, 1.82) is 0 Å². The van der Waals surface area contributed by atoms with Crippen LogP contribution in [0.1, 0.15) is 106 Å². The molecule has 0 saturated heterocycles. The number of hydrogen-bond acceptors (Lipinski definition) is 2. The highest BCUT2D eigenvalue weighted by Crippen LogP contribution is 2.55. The Morgan fingerprint density at radius 2 is 1.05 bits per heavy atom. The van der Waals surface area contributed by atoms with E-state index in [1.165, 1.54) is 109 Å². The number of unbranched alkanes of at least 4 members (excludes halogenated alkanes) is 6. The molecule has 218 valence electrons. The van der Waals surface area contributed by atoms with Crippen LogP contribution in [0.15, 0.2) is 84.9 Å². The lowest BCUT2D eigenvalue weighted by molar-refractivity contribution is 0.101. The normalized spacial score (nSPS) is 13.0. The minimum atomic E-state index is 0.00393. The molecule has 0 amide bonds. The van der Waals surface area contributed by atoms with Crippen molar-refractivity contribution in [3.8, 4) is 39.1 Å². The number of carbonyl (C=O) groups is 1. The van der Waals surface area contributed by atoms with E-state index in [0.29, 0.717) is 0 Å². The summed E-state index contributed by atoms with van der Waals surface area (Å²) in [4.78, 5) is 11.9. The van der Waals surface area contributed by atoms with Crippen LogP contribution in [0.5, 0.6) is 5.75 Å². The van der Waals surface area contributed by atoms with Crippen molar-refractivity contribution in [2.24, 2.45) is 0 Å². The molecule has 0 fully saturated rings. The molecule has 0 N–H and O–H groups in total. The summed E-state index contributed by atoms with van der Waals surface area (Å²) < 4.78 is 5.43. The molecule has 0 bridgehead atoms. The average Bonchev–Trinajstić information content (AvgIpc) is 3.30. The molecule has 0 radical (unpaired) electrons. The van der Waals surface area contributed by atoms with Gasteiger partial charge in [-0.05, 0) is 88.5 Å². The topological polar surface area (TPSA) is 26.3 Å². The van der Waals surface area contributed by atoms with Crippen LogP contribution in [0, 0.1) is 0 Å². The van der Waals surface area contributed by atoms with E-state index in [1.807, 2.05) is 12.1 Å². The Bertz CT molecular complexity index is 1480. The molecule has 0 unspecified atom stereocenters. The van der Waals surface area contributed by atoms with Crippen LogP contribution < -0.4 is 4.74 Å². The van der Waals surface area contributed by atoms with E-state index in [-0.39, 0.29) is 11.2 Å². The maximum absolute atomic E-state index is 11.9. The Labute approximate surface area is 253 Å². The third-order valence-electron chi connectivity index (χ3n) is 9.32. The van der Waals surface area contributed by atoms with Gasteiger partial charge in [0.1, 0.15) is 5.75 Å². The first-order valence-corrected chi connectivity index (χ1v) is 16.1. The third-order valence-corrected chi connectivity index (χ3v) is 9.32. The minimum absolute atomic E-state index is 0.00393. The van der Waals surface area contributed by atoms with E-state index in [4.69, 9.17) is 4.74 Å². The summed E-state index contributed by atoms with van der Waals surface area (Å²) in [6.45, 7) is 6.23. The highest BCUT2D eigenvalue weighted by molar-refractivity contribution is 5.94. The first-order chi connectivity index (χ1) is 20.5. The van der Waals surface area contributed by atoms with Crippen LogP contribution in [0.4, 0.5) is 0 Å². The van der Waals surface area contributed by atoms with E-state index >= 15 is 0 Å². The van der Waals surface area contributed by atoms with Gasteiger partial charge in [-0.1, -0.05) is 126 Å². The van der Waals surface area contributed by atoms with Gasteiger partial charge in [-0.15, -0.1) is 0 Å². The van der Waals surface area contributed by atoms with Crippen LogP contribution >= 0.6 is 0 Å². The largest absolute Gasteiger partial charge is 0.497 e. The Hall–Kier alpha value is -3.65. The molecule has 0 aromatic heterocycles. The Morgan fingerprint density at radius 3 is 1.48 bits per heavy atom. The molecule has 0 heterocycles. The van der Waals surface area contributed by atoms with Crippen LogP contribution in [0.3, 0.4) is 0 Å². The van der Waals surface area contributed by atoms with Crippen LogP contribution in [-0.4, -0.2) is 12.9 Å². The molecule has 0 spiro atoms. The van der Waals surface area contributed by atoms with Gasteiger partial charge in [0.25, 0.3) is 0 Å². The first-order valence-electron chi connectivity index (χ1n) is 16.1. The van der Waals surface area contributed by atoms with E-state index in [0.717, 1.165) is 11.3 Å². The number of Topliss-reactive ketones (excluding diaryl/α,β-unsaturated/α-hetero) is 1. The van der Waals surface area contributed by atoms with Gasteiger partial charge < -0.3 is 4.74 Å². The summed E-state index contributed by atoms with van der Waals surface area (Å²) >= 11 is 0. The predicted molar refractivity (Wildman–Crippen MR) is 178 cm³/mol. The molecular formula is C40H46O2. The maximum atomic E-state index is 11.9. The molecule has 0 atom stereocenters. The van der Waals surface area contributed by atoms with Crippen molar-refractivity contribution in [1.82, 2.24) is 0 Å². The molecule has 5 rings (SSSR count). The van der Waals surface area contributed by atoms with Gasteiger partial charge in [0.05, 0.1) is 7.11 Å². The van der Waals surface area contributed by atoms with Crippen molar-refractivity contribution in [2.75, 3.05) is 7.11 Å². The van der Waals surface area contributed by atoms with Crippen molar-refractivity contribution < 1.29 is 9.53 Å². The lowest BCUT2D eigenvalue weighted by Gasteiger charge is -2.33. The SMILES string of the molecule is CCCCCCC1(CCCCCC)c2cc(-c3ccc(OC)cc3)ccc2-c2ccc(-c3ccc(C(C)=O)cc3)cc21. The smallest absolute Gasteiger partial charge is 0.159 e. The summed E-state index contributed by atoms with van der Waals surface area (Å²) in [5.41, 5.74) is 11.5. The minimum Gasteiger partial charge on any atom is -0.497 e. The third kappa shape index (κ3) is 6.09. The summed E-state index contributed by atoms with van der Waals surface area (Å²) in [5, 5.41) is 0. The zero-order valence-electron chi connectivity index (χ0n) is 26.0. The van der Waals surface area contributed by atoms with Gasteiger partial charge in [0.2, 0.25) is 0 Å². The number of carbonyl (C=O) groups excluding carboxylic acids is 1. The fourth-order valence-electron chi connectivity index (χ4n) is 6.91.